The molecule has 2 aromatic heterocycles. The molecule has 0 aromatic carbocycles. The first kappa shape index (κ1) is 87.1. The largest absolute Gasteiger partial charge is 0.385 e. The highest BCUT2D eigenvalue weighted by molar-refractivity contribution is 8.00. The van der Waals surface area contributed by atoms with E-state index in [-0.39, 0.29) is 155 Å². The summed E-state index contributed by atoms with van der Waals surface area (Å²) in [6.07, 6.45) is 19.2. The molecule has 33 heteroatoms. The number of ketones is 2. The average Bonchev–Trinajstić information content (AvgIpc) is 0.998. The first-order chi connectivity index (χ1) is 52.4. The van der Waals surface area contributed by atoms with E-state index in [4.69, 9.17) is 23.7 Å². The topological polar surface area (TPSA) is 405 Å². The highest BCUT2D eigenvalue weighted by atomic mass is 32.2. The number of thioether (sulfide) groups is 1. The number of unbranched alkanes of at least 4 members (excludes halogenated alkanes) is 5. The number of aromatic nitrogens is 5. The van der Waals surface area contributed by atoms with E-state index in [9.17, 15) is 52.7 Å². The Balaban J connectivity index is 0.737. The standard InChI is InChI=1S/C75H116N16O16S/c1-75(2)50-61(93)69(62(94)51-75)58(76-34-42-105-46-47-106-43-35-81-73(101)71-86-88-91(87-71)57-20-5-3-6-21-57)22-8-10-25-64(95)77-31-14-12-23-59(83-67(98)29-28-66(97)78-30-13-4-7-27-68(99)90-38-36-89(37-39-90)52-55-18-15-19-56(53-92)82-55)72(100)80-33-17-41-104-45-49-107-48-44-103-40-16-32-79-65(96)26-11-9-24-63-70-60(54-108-63)84-74(102)85-70/h3,5-6,15,18-20,53,57,59-60,63,70,76H,4,7-14,16-17,21-52,54H2,1-2H3,(H,77,95)(H,78,97)(H,79,96)(H,80,100)(H,81,101)(H,83,98)(H2,84,85,102)/t57?,59-,60-,63-,70-/m0/s1. The van der Waals surface area contributed by atoms with Crippen molar-refractivity contribution in [3.63, 3.8) is 0 Å². The summed E-state index contributed by atoms with van der Waals surface area (Å²) in [5.41, 5.74) is 1.48. The molecule has 1 saturated carbocycles. The van der Waals surface area contributed by atoms with Crippen LogP contribution in [0.2, 0.25) is 0 Å². The summed E-state index contributed by atoms with van der Waals surface area (Å²) >= 11 is 1.88. The number of amides is 9. The number of hydrogen-bond donors (Lipinski definition) is 9. The number of pyridine rings is 1. The Morgan fingerprint density at radius 3 is 1.90 bits per heavy atom. The van der Waals surface area contributed by atoms with E-state index in [0.717, 1.165) is 43.4 Å². The third kappa shape index (κ3) is 33.8. The molecule has 0 radical (unpaired) electrons. The number of Topliss-reactive ketones (excluding diaryl/α,β-unsaturated/α-hetero) is 2. The van der Waals surface area contributed by atoms with Crippen molar-refractivity contribution in [1.29, 1.82) is 0 Å². The van der Waals surface area contributed by atoms with Gasteiger partial charge in [0.2, 0.25) is 35.4 Å². The monoisotopic (exact) mass is 1530 g/mol. The fraction of sp³-hybridized carbons (Fsp3) is 0.693. The Hall–Kier alpha value is -8.08. The van der Waals surface area contributed by atoms with Crippen LogP contribution in [-0.4, -0.2) is 261 Å². The number of piperazine rings is 1. The highest BCUT2D eigenvalue weighted by Gasteiger charge is 2.43. The molecule has 5 heterocycles. The summed E-state index contributed by atoms with van der Waals surface area (Å²) in [5, 5.41) is 38.9. The maximum atomic E-state index is 13.6. The van der Waals surface area contributed by atoms with Crippen molar-refractivity contribution in [1.82, 2.24) is 82.8 Å². The maximum Gasteiger partial charge on any atom is 0.315 e. The normalized spacial score (nSPS) is 18.4. The predicted octanol–water partition coefficient (Wildman–Crippen LogP) is 3.42. The lowest BCUT2D eigenvalue weighted by molar-refractivity contribution is -0.133. The number of fused-ring (bicyclic) bond motifs is 1. The molecule has 9 amide bonds. The molecule has 3 saturated heterocycles. The lowest BCUT2D eigenvalue weighted by Crippen LogP contribution is -2.48. The van der Waals surface area contributed by atoms with Gasteiger partial charge in [-0.05, 0) is 106 Å². The highest BCUT2D eigenvalue weighted by Crippen LogP contribution is 2.36. The number of carbonyl (C=O) groups excluding carboxylic acids is 11. The number of ether oxygens (including phenoxy) is 5. The molecule has 7 rings (SSSR count). The van der Waals surface area contributed by atoms with Crippen molar-refractivity contribution in [2.24, 2.45) is 5.41 Å². The molecule has 0 bridgehead atoms. The van der Waals surface area contributed by atoms with Crippen molar-refractivity contribution >= 4 is 77.0 Å². The number of hydrogen-bond acceptors (Lipinski definition) is 23. The summed E-state index contributed by atoms with van der Waals surface area (Å²) in [6.45, 7) is 12.5. The summed E-state index contributed by atoms with van der Waals surface area (Å²) in [5.74, 6) is -1.19. The van der Waals surface area contributed by atoms with Crippen molar-refractivity contribution in [3.8, 4) is 0 Å². The molecule has 5 aliphatic rings. The minimum Gasteiger partial charge on any atom is -0.385 e. The van der Waals surface area contributed by atoms with Crippen molar-refractivity contribution in [2.45, 2.75) is 191 Å². The molecule has 2 aliphatic carbocycles. The second kappa shape index (κ2) is 49.9. The van der Waals surface area contributed by atoms with Gasteiger partial charge in [0.1, 0.15) is 11.7 Å². The predicted molar refractivity (Wildman–Crippen MR) is 403 cm³/mol. The van der Waals surface area contributed by atoms with Crippen LogP contribution >= 0.6 is 11.8 Å². The number of aldehydes is 1. The molecular formula is C75H116N16O16S. The molecular weight excluding hydrogens is 1410 g/mol. The Morgan fingerprint density at radius 2 is 1.22 bits per heavy atom. The van der Waals surface area contributed by atoms with Gasteiger partial charge in [0, 0.05) is 147 Å². The van der Waals surface area contributed by atoms with E-state index >= 15 is 0 Å². The minimum absolute atomic E-state index is 0.0270. The van der Waals surface area contributed by atoms with E-state index in [0.29, 0.717) is 192 Å². The van der Waals surface area contributed by atoms with Crippen molar-refractivity contribution in [2.75, 3.05) is 137 Å². The van der Waals surface area contributed by atoms with Crippen LogP contribution in [-0.2, 0) is 68.6 Å². The summed E-state index contributed by atoms with van der Waals surface area (Å²) < 4.78 is 28.4. The lowest BCUT2D eigenvalue weighted by atomic mass is 9.73. The van der Waals surface area contributed by atoms with Gasteiger partial charge in [-0.3, -0.25) is 52.8 Å². The zero-order chi connectivity index (χ0) is 77.0. The first-order valence-corrected chi connectivity index (χ1v) is 39.8. The van der Waals surface area contributed by atoms with Gasteiger partial charge in [0.05, 0.1) is 82.2 Å². The van der Waals surface area contributed by atoms with E-state index in [1.807, 2.05) is 66.9 Å². The molecule has 3 aliphatic heterocycles. The molecule has 2 aromatic rings. The first-order valence-electron chi connectivity index (χ1n) is 38.7. The number of allylic oxidation sites excluding steroid dienone is 6. The quantitative estimate of drug-likeness (QED) is 0.0151. The zero-order valence-electron chi connectivity index (χ0n) is 63.2. The third-order valence-electron chi connectivity index (χ3n) is 18.9. The van der Waals surface area contributed by atoms with Crippen LogP contribution in [0.25, 0.3) is 0 Å². The van der Waals surface area contributed by atoms with Gasteiger partial charge >= 0.3 is 6.03 Å². The van der Waals surface area contributed by atoms with Crippen molar-refractivity contribution < 1.29 is 76.4 Å². The maximum absolute atomic E-state index is 13.6. The second-order valence-electron chi connectivity index (χ2n) is 28.4. The van der Waals surface area contributed by atoms with Gasteiger partial charge in [-0.2, -0.15) is 16.6 Å². The Morgan fingerprint density at radius 1 is 0.620 bits per heavy atom. The Bertz CT molecular complexity index is 3270. The van der Waals surface area contributed by atoms with Gasteiger partial charge in [0.15, 0.2) is 17.9 Å². The summed E-state index contributed by atoms with van der Waals surface area (Å²) in [4.78, 5) is 150. The van der Waals surface area contributed by atoms with E-state index in [2.05, 4.69) is 73.1 Å². The fourth-order valence-electron chi connectivity index (χ4n) is 13.1. The number of tetrazole rings is 1. The van der Waals surface area contributed by atoms with Gasteiger partial charge in [-0.15, -0.1) is 10.2 Å². The molecule has 5 atom stereocenters. The Labute approximate surface area is 638 Å². The number of rotatable bonds is 55. The molecule has 0 spiro atoms. The van der Waals surface area contributed by atoms with E-state index in [1.54, 1.807) is 6.07 Å². The SMILES string of the molecule is CC1(C)CC(=O)C(=C(CCCCC(=O)NCCCC[C@H](NC(=O)CCC(=O)NCCCCCC(=O)N2CCN(Cc3cccc(C=O)n3)CC2)C(=O)NCCCOCCOCCOCCCNC(=O)CCCC[C@@H]2SC[C@@H]3NC(=O)N[C@@H]32)NCCOCCOCCNC(=O)c2nnn(C3C=CC=CC3)n2)C(=O)C1. The number of nitrogens with one attached hydrogen (secondary N) is 9. The Kier molecular flexibility index (Phi) is 40.2. The van der Waals surface area contributed by atoms with Gasteiger partial charge in [0.25, 0.3) is 11.7 Å². The van der Waals surface area contributed by atoms with Crippen LogP contribution in [0.4, 0.5) is 4.79 Å². The number of urea groups is 1. The van der Waals surface area contributed by atoms with Gasteiger partial charge < -0.3 is 76.4 Å². The second-order valence-corrected chi connectivity index (χ2v) is 29.7. The lowest BCUT2D eigenvalue weighted by Gasteiger charge is -2.34. The fourth-order valence-corrected chi connectivity index (χ4v) is 14.6. The third-order valence-corrected chi connectivity index (χ3v) is 20.4. The van der Waals surface area contributed by atoms with Crippen molar-refractivity contribution in [3.05, 3.63) is 71.0 Å². The average molecular weight is 1530 g/mol. The molecule has 32 nitrogen and oxygen atoms in total. The number of carbonyl (C=O) groups is 11. The van der Waals surface area contributed by atoms with Crippen LogP contribution in [0.5, 0.6) is 0 Å². The minimum atomic E-state index is -0.901. The molecule has 108 heavy (non-hydrogen) atoms. The van der Waals surface area contributed by atoms with E-state index < -0.39 is 23.3 Å². The van der Waals surface area contributed by atoms with Crippen LogP contribution < -0.4 is 47.9 Å². The van der Waals surface area contributed by atoms with Crippen LogP contribution in [0, 0.1) is 5.41 Å². The summed E-state index contributed by atoms with van der Waals surface area (Å²) in [7, 11) is 0. The summed E-state index contributed by atoms with van der Waals surface area (Å²) in [6, 6.07) is 4.67. The van der Waals surface area contributed by atoms with Gasteiger partial charge in [-0.1, -0.05) is 57.1 Å². The van der Waals surface area contributed by atoms with Crippen LogP contribution in [0.1, 0.15) is 188 Å². The zero-order valence-corrected chi connectivity index (χ0v) is 64.0. The molecule has 598 valence electrons. The van der Waals surface area contributed by atoms with E-state index in [1.165, 1.54) is 4.80 Å². The molecule has 1 unspecified atom stereocenters. The van der Waals surface area contributed by atoms with Crippen LogP contribution in [0.3, 0.4) is 0 Å². The molecule has 4 fully saturated rings. The van der Waals surface area contributed by atoms with Gasteiger partial charge in [-0.25, -0.2) is 9.78 Å². The van der Waals surface area contributed by atoms with Crippen LogP contribution in [0.15, 0.2) is 53.8 Å². The molecule has 9 N–H and O–H groups in total. The number of nitrogens with zero attached hydrogens (tertiary/aromatic N) is 7. The smallest absolute Gasteiger partial charge is 0.315 e.